The summed E-state index contributed by atoms with van der Waals surface area (Å²) in [6, 6.07) is 7.20. The van der Waals surface area contributed by atoms with Crippen LogP contribution in [0.3, 0.4) is 0 Å². The fourth-order valence-electron chi connectivity index (χ4n) is 4.44. The zero-order chi connectivity index (χ0) is 23.8. The standard InChI is InChI=1S/C24H28O9/c1-7-30-23(25)21-20(13-8-18(26-3)22(28-5)19(9-13)27-4)14-10-16-17(32-12-31-16)11-15(14)33-24(21,2)29-6/h8-11,20-21H,7,12H2,1-6H3/t20-,21+,24+/m0/s1. The average Bonchev–Trinajstić information content (AvgIpc) is 3.28. The second-order valence-electron chi connectivity index (χ2n) is 7.73. The zero-order valence-electron chi connectivity index (χ0n) is 19.6. The summed E-state index contributed by atoms with van der Waals surface area (Å²) in [7, 11) is 6.11. The van der Waals surface area contributed by atoms with E-state index in [4.69, 9.17) is 37.9 Å². The highest BCUT2D eigenvalue weighted by atomic mass is 16.7. The molecule has 33 heavy (non-hydrogen) atoms. The van der Waals surface area contributed by atoms with Crippen LogP contribution in [-0.4, -0.2) is 53.6 Å². The minimum Gasteiger partial charge on any atom is -0.493 e. The molecule has 2 aliphatic rings. The molecule has 2 aliphatic heterocycles. The summed E-state index contributed by atoms with van der Waals surface area (Å²) in [4.78, 5) is 13.3. The molecule has 2 heterocycles. The number of benzene rings is 2. The maximum Gasteiger partial charge on any atom is 0.316 e. The van der Waals surface area contributed by atoms with Crippen LogP contribution in [0.1, 0.15) is 30.9 Å². The molecule has 0 aromatic heterocycles. The first-order valence-corrected chi connectivity index (χ1v) is 10.5. The van der Waals surface area contributed by atoms with Gasteiger partial charge in [-0.25, -0.2) is 0 Å². The molecular formula is C24H28O9. The Morgan fingerprint density at radius 1 is 0.970 bits per heavy atom. The third-order valence-corrected chi connectivity index (χ3v) is 6.04. The van der Waals surface area contributed by atoms with E-state index in [-0.39, 0.29) is 13.4 Å². The Balaban J connectivity index is 1.99. The number of rotatable bonds is 7. The maximum atomic E-state index is 13.3. The van der Waals surface area contributed by atoms with E-state index in [2.05, 4.69) is 0 Å². The van der Waals surface area contributed by atoms with Gasteiger partial charge in [-0.2, -0.15) is 0 Å². The summed E-state index contributed by atoms with van der Waals surface area (Å²) in [5, 5.41) is 0. The first-order valence-electron chi connectivity index (χ1n) is 10.5. The minimum absolute atomic E-state index is 0.107. The van der Waals surface area contributed by atoms with Crippen molar-refractivity contribution in [1.29, 1.82) is 0 Å². The second-order valence-corrected chi connectivity index (χ2v) is 7.73. The Hall–Kier alpha value is -3.33. The Morgan fingerprint density at radius 3 is 2.15 bits per heavy atom. The van der Waals surface area contributed by atoms with E-state index in [1.54, 1.807) is 34.1 Å². The second kappa shape index (κ2) is 8.90. The van der Waals surface area contributed by atoms with E-state index < -0.39 is 23.6 Å². The van der Waals surface area contributed by atoms with E-state index in [1.165, 1.54) is 14.2 Å². The topological polar surface area (TPSA) is 90.9 Å². The van der Waals surface area contributed by atoms with Gasteiger partial charge < -0.3 is 37.9 Å². The molecule has 0 saturated carbocycles. The Labute approximate surface area is 192 Å². The molecule has 0 N–H and O–H groups in total. The van der Waals surface area contributed by atoms with Gasteiger partial charge in [-0.05, 0) is 30.7 Å². The van der Waals surface area contributed by atoms with E-state index >= 15 is 0 Å². The number of carbonyl (C=O) groups is 1. The van der Waals surface area contributed by atoms with Crippen molar-refractivity contribution < 1.29 is 42.7 Å². The predicted octanol–water partition coefficient (Wildman–Crippen LogP) is 3.51. The molecule has 2 aromatic carbocycles. The van der Waals surface area contributed by atoms with Gasteiger partial charge in [-0.3, -0.25) is 4.79 Å². The van der Waals surface area contributed by atoms with E-state index in [0.717, 1.165) is 11.1 Å². The van der Waals surface area contributed by atoms with E-state index in [9.17, 15) is 4.79 Å². The van der Waals surface area contributed by atoms with Crippen molar-refractivity contribution in [1.82, 2.24) is 0 Å². The normalized spacial score (nSPS) is 22.7. The van der Waals surface area contributed by atoms with Crippen molar-refractivity contribution in [2.24, 2.45) is 5.92 Å². The molecule has 0 aliphatic carbocycles. The lowest BCUT2D eigenvalue weighted by atomic mass is 9.74. The van der Waals surface area contributed by atoms with Gasteiger partial charge in [0.1, 0.15) is 11.7 Å². The molecule has 0 bridgehead atoms. The quantitative estimate of drug-likeness (QED) is 0.576. The van der Waals surface area contributed by atoms with Gasteiger partial charge >= 0.3 is 5.97 Å². The average molecular weight is 460 g/mol. The molecule has 0 radical (unpaired) electrons. The summed E-state index contributed by atoms with van der Waals surface area (Å²) >= 11 is 0. The lowest BCUT2D eigenvalue weighted by molar-refractivity contribution is -0.212. The van der Waals surface area contributed by atoms with Crippen molar-refractivity contribution in [2.45, 2.75) is 25.6 Å². The highest BCUT2D eigenvalue weighted by Crippen LogP contribution is 2.54. The number of methoxy groups -OCH3 is 4. The van der Waals surface area contributed by atoms with Crippen molar-refractivity contribution in [3.05, 3.63) is 35.4 Å². The molecule has 9 nitrogen and oxygen atoms in total. The van der Waals surface area contributed by atoms with Crippen molar-refractivity contribution in [2.75, 3.05) is 41.8 Å². The highest BCUT2D eigenvalue weighted by Gasteiger charge is 2.53. The van der Waals surface area contributed by atoms with Gasteiger partial charge in [0.25, 0.3) is 0 Å². The SMILES string of the molecule is CCOC(=O)[C@H]1[C@@H](c2cc(OC)c(OC)c(OC)c2)c2cc3c(cc2O[C@@]1(C)OC)OCO3. The molecule has 4 rings (SSSR count). The van der Waals surface area contributed by atoms with Gasteiger partial charge in [0.05, 0.1) is 27.9 Å². The molecule has 2 aromatic rings. The molecule has 3 atom stereocenters. The van der Waals surface area contributed by atoms with Crippen LogP contribution in [0.25, 0.3) is 0 Å². The third kappa shape index (κ3) is 3.76. The number of hydrogen-bond acceptors (Lipinski definition) is 9. The van der Waals surface area contributed by atoms with Crippen LogP contribution in [-0.2, 0) is 14.3 Å². The summed E-state index contributed by atoms with van der Waals surface area (Å²) in [6.07, 6.45) is 0. The molecule has 0 amide bonds. The van der Waals surface area contributed by atoms with Crippen LogP contribution < -0.4 is 28.4 Å². The lowest BCUT2D eigenvalue weighted by Crippen LogP contribution is -2.52. The molecule has 0 spiro atoms. The number of fused-ring (bicyclic) bond motifs is 2. The van der Waals surface area contributed by atoms with E-state index in [1.807, 2.05) is 18.2 Å². The number of esters is 1. The summed E-state index contributed by atoms with van der Waals surface area (Å²) in [5.74, 6) is -0.152. The fourth-order valence-corrected chi connectivity index (χ4v) is 4.44. The smallest absolute Gasteiger partial charge is 0.316 e. The summed E-state index contributed by atoms with van der Waals surface area (Å²) in [5.41, 5.74) is 1.45. The fraction of sp³-hybridized carbons (Fsp3) is 0.458. The molecular weight excluding hydrogens is 432 g/mol. The van der Waals surface area contributed by atoms with Crippen molar-refractivity contribution >= 4 is 5.97 Å². The number of ether oxygens (including phenoxy) is 8. The van der Waals surface area contributed by atoms with Crippen LogP contribution >= 0.6 is 0 Å². The zero-order valence-corrected chi connectivity index (χ0v) is 19.6. The first kappa shape index (κ1) is 22.8. The monoisotopic (exact) mass is 460 g/mol. The molecule has 9 heteroatoms. The summed E-state index contributed by atoms with van der Waals surface area (Å²) < 4.78 is 45.2. The van der Waals surface area contributed by atoms with Crippen LogP contribution in [0.15, 0.2) is 24.3 Å². The molecule has 178 valence electrons. The number of hydrogen-bond donors (Lipinski definition) is 0. The van der Waals surface area contributed by atoms with Gasteiger partial charge in [0.15, 0.2) is 23.0 Å². The van der Waals surface area contributed by atoms with E-state index in [0.29, 0.717) is 34.5 Å². The van der Waals surface area contributed by atoms with Crippen LogP contribution in [0.5, 0.6) is 34.5 Å². The van der Waals surface area contributed by atoms with Crippen LogP contribution in [0, 0.1) is 5.92 Å². The van der Waals surface area contributed by atoms with Crippen molar-refractivity contribution in [3.63, 3.8) is 0 Å². The van der Waals surface area contributed by atoms with Crippen molar-refractivity contribution in [3.8, 4) is 34.5 Å². The Kier molecular flexibility index (Phi) is 6.16. The van der Waals surface area contributed by atoms with Gasteiger partial charge in [-0.1, -0.05) is 0 Å². The third-order valence-electron chi connectivity index (χ3n) is 6.04. The molecule has 0 unspecified atom stereocenters. The van der Waals surface area contributed by atoms with Gasteiger partial charge in [0, 0.05) is 31.6 Å². The molecule has 0 saturated heterocycles. The van der Waals surface area contributed by atoms with Gasteiger partial charge in [0.2, 0.25) is 18.3 Å². The summed E-state index contributed by atoms with van der Waals surface area (Å²) in [6.45, 7) is 3.79. The van der Waals surface area contributed by atoms with Crippen LogP contribution in [0.4, 0.5) is 0 Å². The minimum atomic E-state index is -1.32. The molecule has 0 fully saturated rings. The highest BCUT2D eigenvalue weighted by molar-refractivity contribution is 5.78. The number of carbonyl (C=O) groups excluding carboxylic acids is 1. The largest absolute Gasteiger partial charge is 0.493 e. The Bertz CT molecular complexity index is 1030. The predicted molar refractivity (Wildman–Crippen MR) is 117 cm³/mol. The van der Waals surface area contributed by atoms with Crippen LogP contribution in [0.2, 0.25) is 0 Å². The lowest BCUT2D eigenvalue weighted by Gasteiger charge is -2.44. The Morgan fingerprint density at radius 2 is 1.61 bits per heavy atom. The van der Waals surface area contributed by atoms with Gasteiger partial charge in [-0.15, -0.1) is 0 Å². The first-order chi connectivity index (χ1) is 15.9. The maximum absolute atomic E-state index is 13.3.